The summed E-state index contributed by atoms with van der Waals surface area (Å²) in [7, 11) is 0. The molecule has 0 aliphatic carbocycles. The molecule has 16 heavy (non-hydrogen) atoms. The minimum absolute atomic E-state index is 0.841. The molecule has 2 rings (SSSR count). The van der Waals surface area contributed by atoms with Gasteiger partial charge in [0.05, 0.1) is 0 Å². The standard InChI is InChI=1S/C13H17BrClN/c14-9-11-4-6-16(7-5-11)10-12-2-1-3-13(15)8-12/h1-3,8,11H,4-7,9-10H2. The molecule has 0 bridgehead atoms. The Balaban J connectivity index is 1.87. The number of nitrogens with zero attached hydrogens (tertiary/aromatic N) is 1. The minimum atomic E-state index is 0.841. The molecule has 0 spiro atoms. The van der Waals surface area contributed by atoms with E-state index in [0.717, 1.165) is 22.8 Å². The first-order chi connectivity index (χ1) is 7.78. The summed E-state index contributed by atoms with van der Waals surface area (Å²) in [5, 5.41) is 1.99. The molecule has 0 saturated carbocycles. The Kier molecular flexibility index (Phi) is 4.68. The Labute approximate surface area is 111 Å². The van der Waals surface area contributed by atoms with Crippen LogP contribution < -0.4 is 0 Å². The fraction of sp³-hybridized carbons (Fsp3) is 0.538. The second-order valence-electron chi connectivity index (χ2n) is 4.50. The maximum atomic E-state index is 5.98. The first-order valence-corrected chi connectivity index (χ1v) is 7.30. The van der Waals surface area contributed by atoms with Crippen LogP contribution in [-0.2, 0) is 6.54 Å². The van der Waals surface area contributed by atoms with E-state index in [-0.39, 0.29) is 0 Å². The molecule has 0 unspecified atom stereocenters. The van der Waals surface area contributed by atoms with Gasteiger partial charge in [-0.05, 0) is 49.5 Å². The Bertz CT molecular complexity index is 334. The fourth-order valence-corrected chi connectivity index (χ4v) is 3.05. The van der Waals surface area contributed by atoms with Crippen molar-refractivity contribution in [2.75, 3.05) is 18.4 Å². The van der Waals surface area contributed by atoms with Crippen LogP contribution in [-0.4, -0.2) is 23.3 Å². The van der Waals surface area contributed by atoms with Gasteiger partial charge in [0.2, 0.25) is 0 Å². The van der Waals surface area contributed by atoms with E-state index in [4.69, 9.17) is 11.6 Å². The number of hydrogen-bond acceptors (Lipinski definition) is 1. The summed E-state index contributed by atoms with van der Waals surface area (Å²) in [6.45, 7) is 3.46. The third-order valence-electron chi connectivity index (χ3n) is 3.22. The molecule has 0 amide bonds. The Hall–Kier alpha value is -0.0500. The predicted octanol–water partition coefficient (Wildman–Crippen LogP) is 3.95. The summed E-state index contributed by atoms with van der Waals surface area (Å²) in [6.07, 6.45) is 2.62. The predicted molar refractivity (Wildman–Crippen MR) is 73.2 cm³/mol. The second kappa shape index (κ2) is 6.04. The molecule has 88 valence electrons. The third kappa shape index (κ3) is 3.47. The van der Waals surface area contributed by atoms with Gasteiger partial charge >= 0.3 is 0 Å². The highest BCUT2D eigenvalue weighted by Crippen LogP contribution is 2.21. The Morgan fingerprint density at radius 3 is 2.69 bits per heavy atom. The molecule has 0 atom stereocenters. The van der Waals surface area contributed by atoms with E-state index in [1.54, 1.807) is 0 Å². The molecular formula is C13H17BrClN. The summed E-state index contributed by atoms with van der Waals surface area (Å²) < 4.78 is 0. The molecule has 1 fully saturated rings. The first-order valence-electron chi connectivity index (χ1n) is 5.80. The van der Waals surface area contributed by atoms with Crippen molar-refractivity contribution >= 4 is 27.5 Å². The smallest absolute Gasteiger partial charge is 0.0409 e. The normalized spacial score (nSPS) is 18.9. The molecular weight excluding hydrogens is 286 g/mol. The van der Waals surface area contributed by atoms with Crippen molar-refractivity contribution in [1.29, 1.82) is 0 Å². The topological polar surface area (TPSA) is 3.24 Å². The van der Waals surface area contributed by atoms with Gasteiger partial charge in [-0.25, -0.2) is 0 Å². The van der Waals surface area contributed by atoms with Gasteiger partial charge in [-0.2, -0.15) is 0 Å². The molecule has 3 heteroatoms. The van der Waals surface area contributed by atoms with Crippen molar-refractivity contribution in [2.24, 2.45) is 5.92 Å². The van der Waals surface area contributed by atoms with Gasteiger partial charge in [-0.3, -0.25) is 4.90 Å². The SMILES string of the molecule is Clc1cccc(CN2CCC(CBr)CC2)c1. The number of benzene rings is 1. The van der Waals surface area contributed by atoms with Crippen molar-refractivity contribution in [3.63, 3.8) is 0 Å². The molecule has 1 aliphatic rings. The second-order valence-corrected chi connectivity index (χ2v) is 5.59. The highest BCUT2D eigenvalue weighted by molar-refractivity contribution is 9.09. The van der Waals surface area contributed by atoms with Crippen molar-refractivity contribution in [3.05, 3.63) is 34.9 Å². The maximum absolute atomic E-state index is 5.98. The summed E-state index contributed by atoms with van der Waals surface area (Å²) in [4.78, 5) is 2.52. The van der Waals surface area contributed by atoms with Crippen molar-refractivity contribution in [1.82, 2.24) is 4.90 Å². The number of piperidine rings is 1. The monoisotopic (exact) mass is 301 g/mol. The van der Waals surface area contributed by atoms with Crippen LogP contribution in [0.2, 0.25) is 5.02 Å². The van der Waals surface area contributed by atoms with Gasteiger partial charge in [-0.15, -0.1) is 0 Å². The average molecular weight is 303 g/mol. The van der Waals surface area contributed by atoms with E-state index in [9.17, 15) is 0 Å². The number of rotatable bonds is 3. The van der Waals surface area contributed by atoms with Gasteiger partial charge in [0.25, 0.3) is 0 Å². The van der Waals surface area contributed by atoms with E-state index in [1.165, 1.54) is 31.5 Å². The van der Waals surface area contributed by atoms with Crippen LogP contribution in [0.3, 0.4) is 0 Å². The number of alkyl halides is 1. The Morgan fingerprint density at radius 1 is 1.31 bits per heavy atom. The molecule has 1 nitrogen and oxygen atoms in total. The zero-order chi connectivity index (χ0) is 11.4. The quantitative estimate of drug-likeness (QED) is 0.764. The number of likely N-dealkylation sites (tertiary alicyclic amines) is 1. The van der Waals surface area contributed by atoms with E-state index in [2.05, 4.69) is 33.0 Å². The van der Waals surface area contributed by atoms with E-state index in [0.29, 0.717) is 0 Å². The molecule has 0 aromatic heterocycles. The van der Waals surface area contributed by atoms with Gasteiger partial charge in [-0.1, -0.05) is 39.7 Å². The van der Waals surface area contributed by atoms with Crippen LogP contribution in [0.5, 0.6) is 0 Å². The van der Waals surface area contributed by atoms with Crippen LogP contribution in [0, 0.1) is 5.92 Å². The number of hydrogen-bond donors (Lipinski definition) is 0. The van der Waals surface area contributed by atoms with Crippen LogP contribution in [0.4, 0.5) is 0 Å². The summed E-state index contributed by atoms with van der Waals surface area (Å²) in [5.74, 6) is 0.871. The van der Waals surface area contributed by atoms with E-state index < -0.39 is 0 Å². The van der Waals surface area contributed by atoms with Gasteiger partial charge in [0, 0.05) is 16.9 Å². The lowest BCUT2D eigenvalue weighted by Gasteiger charge is -2.31. The third-order valence-corrected chi connectivity index (χ3v) is 4.37. The van der Waals surface area contributed by atoms with Crippen LogP contribution in [0.1, 0.15) is 18.4 Å². The lowest BCUT2D eigenvalue weighted by atomic mass is 9.99. The minimum Gasteiger partial charge on any atom is -0.299 e. The van der Waals surface area contributed by atoms with Crippen LogP contribution >= 0.6 is 27.5 Å². The maximum Gasteiger partial charge on any atom is 0.0409 e. The van der Waals surface area contributed by atoms with Crippen LogP contribution in [0.25, 0.3) is 0 Å². The highest BCUT2D eigenvalue weighted by Gasteiger charge is 2.17. The van der Waals surface area contributed by atoms with Gasteiger partial charge in [0.1, 0.15) is 0 Å². The van der Waals surface area contributed by atoms with Crippen molar-refractivity contribution in [2.45, 2.75) is 19.4 Å². The Morgan fingerprint density at radius 2 is 2.06 bits per heavy atom. The zero-order valence-electron chi connectivity index (χ0n) is 9.33. The fourth-order valence-electron chi connectivity index (χ4n) is 2.19. The van der Waals surface area contributed by atoms with Gasteiger partial charge < -0.3 is 0 Å². The largest absolute Gasteiger partial charge is 0.299 e. The summed E-state index contributed by atoms with van der Waals surface area (Å²) in [5.41, 5.74) is 1.32. The lowest BCUT2D eigenvalue weighted by molar-refractivity contribution is 0.187. The number of halogens is 2. The van der Waals surface area contributed by atoms with Crippen LogP contribution in [0.15, 0.2) is 24.3 Å². The van der Waals surface area contributed by atoms with Gasteiger partial charge in [0.15, 0.2) is 0 Å². The zero-order valence-corrected chi connectivity index (χ0v) is 11.7. The highest BCUT2D eigenvalue weighted by atomic mass is 79.9. The van der Waals surface area contributed by atoms with Crippen molar-refractivity contribution in [3.8, 4) is 0 Å². The summed E-state index contributed by atoms with van der Waals surface area (Å²) in [6, 6.07) is 8.19. The molecule has 1 aromatic rings. The average Bonchev–Trinajstić information content (AvgIpc) is 2.30. The summed E-state index contributed by atoms with van der Waals surface area (Å²) >= 11 is 9.55. The first kappa shape index (κ1) is 12.4. The molecule has 1 aliphatic heterocycles. The van der Waals surface area contributed by atoms with Crippen molar-refractivity contribution < 1.29 is 0 Å². The molecule has 1 saturated heterocycles. The van der Waals surface area contributed by atoms with E-state index in [1.807, 2.05) is 12.1 Å². The molecule has 1 heterocycles. The molecule has 0 N–H and O–H groups in total. The molecule has 1 aromatic carbocycles. The van der Waals surface area contributed by atoms with E-state index >= 15 is 0 Å². The lowest BCUT2D eigenvalue weighted by Crippen LogP contribution is -2.33. The molecule has 0 radical (unpaired) electrons.